The maximum absolute atomic E-state index is 12.0. The minimum Gasteiger partial charge on any atom is -0.356 e. The zero-order valence-corrected chi connectivity index (χ0v) is 18.6. The minimum atomic E-state index is -0.121. The Kier molecular flexibility index (Phi) is 10.8. The van der Waals surface area contributed by atoms with Crippen LogP contribution in [-0.4, -0.2) is 38.5 Å². The van der Waals surface area contributed by atoms with Crippen molar-refractivity contribution in [3.8, 4) is 0 Å². The standard InChI is InChI=1S/C20H25ClN4O.HI/c1-15(16-6-4-3-5-7-16)14-25-20(22-2)24-13-12-23-19(26)17-8-10-18(21)11-9-17;/h3-11,15H,12-14H2,1-2H3,(H,23,26)(H2,22,24,25);1H. The lowest BCUT2D eigenvalue weighted by atomic mass is 10.0. The molecule has 0 fully saturated rings. The van der Waals surface area contributed by atoms with Gasteiger partial charge in [-0.2, -0.15) is 0 Å². The fourth-order valence-electron chi connectivity index (χ4n) is 2.43. The number of benzene rings is 2. The molecule has 0 saturated heterocycles. The van der Waals surface area contributed by atoms with E-state index < -0.39 is 0 Å². The SMILES string of the molecule is CN=C(NCCNC(=O)c1ccc(Cl)cc1)NCC(C)c1ccccc1.I. The molecular formula is C20H26ClIN4O. The summed E-state index contributed by atoms with van der Waals surface area (Å²) in [5.41, 5.74) is 1.87. The number of carbonyl (C=O) groups is 1. The van der Waals surface area contributed by atoms with Crippen molar-refractivity contribution in [2.75, 3.05) is 26.7 Å². The minimum absolute atomic E-state index is 0. The average Bonchev–Trinajstić information content (AvgIpc) is 2.68. The summed E-state index contributed by atoms with van der Waals surface area (Å²) in [5.74, 6) is 0.969. The van der Waals surface area contributed by atoms with Crippen LogP contribution in [-0.2, 0) is 0 Å². The van der Waals surface area contributed by atoms with Gasteiger partial charge in [-0.25, -0.2) is 0 Å². The smallest absolute Gasteiger partial charge is 0.251 e. The van der Waals surface area contributed by atoms with Crippen molar-refractivity contribution in [2.24, 2.45) is 4.99 Å². The zero-order valence-electron chi connectivity index (χ0n) is 15.5. The van der Waals surface area contributed by atoms with Crippen molar-refractivity contribution in [3.63, 3.8) is 0 Å². The van der Waals surface area contributed by atoms with Crippen molar-refractivity contribution in [3.05, 3.63) is 70.7 Å². The summed E-state index contributed by atoms with van der Waals surface area (Å²) < 4.78 is 0. The fourth-order valence-corrected chi connectivity index (χ4v) is 2.56. The summed E-state index contributed by atoms with van der Waals surface area (Å²) in [6.45, 7) is 4.03. The summed E-state index contributed by atoms with van der Waals surface area (Å²) in [4.78, 5) is 16.2. The maximum atomic E-state index is 12.0. The van der Waals surface area contributed by atoms with Gasteiger partial charge in [0.15, 0.2) is 5.96 Å². The van der Waals surface area contributed by atoms with Gasteiger partial charge >= 0.3 is 0 Å². The van der Waals surface area contributed by atoms with Gasteiger partial charge in [0.25, 0.3) is 5.91 Å². The first kappa shape index (κ1) is 23.2. The number of nitrogens with zero attached hydrogens (tertiary/aromatic N) is 1. The molecule has 0 saturated carbocycles. The molecule has 3 N–H and O–H groups in total. The third kappa shape index (κ3) is 8.17. The van der Waals surface area contributed by atoms with Crippen LogP contribution in [0.25, 0.3) is 0 Å². The van der Waals surface area contributed by atoms with Crippen LogP contribution >= 0.6 is 35.6 Å². The van der Waals surface area contributed by atoms with E-state index in [1.54, 1.807) is 31.3 Å². The highest BCUT2D eigenvalue weighted by molar-refractivity contribution is 14.0. The van der Waals surface area contributed by atoms with Crippen molar-refractivity contribution < 1.29 is 4.79 Å². The van der Waals surface area contributed by atoms with Crippen LogP contribution in [0.3, 0.4) is 0 Å². The summed E-state index contributed by atoms with van der Waals surface area (Å²) in [5, 5.41) is 9.98. The van der Waals surface area contributed by atoms with E-state index in [1.165, 1.54) is 5.56 Å². The van der Waals surface area contributed by atoms with E-state index in [9.17, 15) is 4.79 Å². The lowest BCUT2D eigenvalue weighted by Crippen LogP contribution is -2.42. The first-order valence-electron chi connectivity index (χ1n) is 8.63. The molecule has 1 unspecified atom stereocenters. The maximum Gasteiger partial charge on any atom is 0.251 e. The van der Waals surface area contributed by atoms with Gasteiger partial charge in [-0.3, -0.25) is 9.79 Å². The van der Waals surface area contributed by atoms with Crippen LogP contribution in [0.15, 0.2) is 59.6 Å². The second-order valence-electron chi connectivity index (χ2n) is 5.95. The fraction of sp³-hybridized carbons (Fsp3) is 0.300. The van der Waals surface area contributed by atoms with Crippen LogP contribution < -0.4 is 16.0 Å². The molecule has 0 aliphatic carbocycles. The van der Waals surface area contributed by atoms with Crippen molar-refractivity contribution in [1.29, 1.82) is 0 Å². The highest BCUT2D eigenvalue weighted by Gasteiger charge is 2.07. The molecule has 0 bridgehead atoms. The molecular weight excluding hydrogens is 475 g/mol. The average molecular weight is 501 g/mol. The molecule has 0 radical (unpaired) electrons. The Hall–Kier alpha value is -1.80. The molecule has 146 valence electrons. The van der Waals surface area contributed by atoms with Gasteiger partial charge < -0.3 is 16.0 Å². The predicted octanol–water partition coefficient (Wildman–Crippen LogP) is 3.66. The third-order valence-corrected chi connectivity index (χ3v) is 4.23. The largest absolute Gasteiger partial charge is 0.356 e. The Morgan fingerprint density at radius 3 is 2.26 bits per heavy atom. The molecule has 1 atom stereocenters. The molecule has 27 heavy (non-hydrogen) atoms. The first-order valence-corrected chi connectivity index (χ1v) is 9.01. The van der Waals surface area contributed by atoms with E-state index in [1.807, 2.05) is 18.2 Å². The van der Waals surface area contributed by atoms with Gasteiger partial charge in [0.05, 0.1) is 0 Å². The van der Waals surface area contributed by atoms with Gasteiger partial charge in [0.2, 0.25) is 0 Å². The number of amides is 1. The van der Waals surface area contributed by atoms with E-state index >= 15 is 0 Å². The number of halogens is 2. The summed E-state index contributed by atoms with van der Waals surface area (Å²) in [6.07, 6.45) is 0. The zero-order chi connectivity index (χ0) is 18.8. The van der Waals surface area contributed by atoms with Crippen molar-refractivity contribution in [2.45, 2.75) is 12.8 Å². The number of hydrogen-bond donors (Lipinski definition) is 3. The van der Waals surface area contributed by atoms with Gasteiger partial charge in [-0.05, 0) is 35.7 Å². The van der Waals surface area contributed by atoms with E-state index in [-0.39, 0.29) is 29.9 Å². The number of carbonyl (C=O) groups excluding carboxylic acids is 1. The van der Waals surface area contributed by atoms with Gasteiger partial charge in [0.1, 0.15) is 0 Å². The van der Waals surface area contributed by atoms with Crippen LogP contribution in [0.1, 0.15) is 28.8 Å². The lowest BCUT2D eigenvalue weighted by molar-refractivity contribution is 0.0954. The van der Waals surface area contributed by atoms with E-state index in [4.69, 9.17) is 11.6 Å². The number of aliphatic imine (C=N–C) groups is 1. The molecule has 0 aromatic heterocycles. The van der Waals surface area contributed by atoms with Crippen molar-refractivity contribution in [1.82, 2.24) is 16.0 Å². The Bertz CT molecular complexity index is 723. The van der Waals surface area contributed by atoms with Gasteiger partial charge in [0, 0.05) is 37.3 Å². The molecule has 2 aromatic rings. The topological polar surface area (TPSA) is 65.5 Å². The van der Waals surface area contributed by atoms with E-state index in [0.29, 0.717) is 35.6 Å². The summed E-state index contributed by atoms with van der Waals surface area (Å²) >= 11 is 5.82. The summed E-state index contributed by atoms with van der Waals surface area (Å²) in [7, 11) is 1.73. The van der Waals surface area contributed by atoms with Gasteiger partial charge in [-0.1, -0.05) is 48.9 Å². The van der Waals surface area contributed by atoms with Crippen LogP contribution in [0, 0.1) is 0 Å². The predicted molar refractivity (Wildman–Crippen MR) is 123 cm³/mol. The molecule has 0 spiro atoms. The van der Waals surface area contributed by atoms with Crippen molar-refractivity contribution >= 4 is 47.4 Å². The van der Waals surface area contributed by atoms with Crippen LogP contribution in [0.4, 0.5) is 0 Å². The number of nitrogens with one attached hydrogen (secondary N) is 3. The normalized spacial score (nSPS) is 11.9. The molecule has 5 nitrogen and oxygen atoms in total. The second kappa shape index (κ2) is 12.6. The van der Waals surface area contributed by atoms with E-state index in [2.05, 4.69) is 40.0 Å². The molecule has 7 heteroatoms. The van der Waals surface area contributed by atoms with Crippen LogP contribution in [0.5, 0.6) is 0 Å². The molecule has 2 rings (SSSR count). The number of rotatable bonds is 7. The number of hydrogen-bond acceptors (Lipinski definition) is 2. The quantitative estimate of drug-likeness (QED) is 0.235. The molecule has 0 aliphatic rings. The lowest BCUT2D eigenvalue weighted by Gasteiger charge is -2.16. The Labute approximate surface area is 183 Å². The molecule has 0 aliphatic heterocycles. The van der Waals surface area contributed by atoms with Gasteiger partial charge in [-0.15, -0.1) is 24.0 Å². The Morgan fingerprint density at radius 2 is 1.63 bits per heavy atom. The first-order chi connectivity index (χ1) is 12.6. The molecule has 2 aromatic carbocycles. The third-order valence-electron chi connectivity index (χ3n) is 3.98. The molecule has 0 heterocycles. The number of guanidine groups is 1. The monoisotopic (exact) mass is 500 g/mol. The Morgan fingerprint density at radius 1 is 1.00 bits per heavy atom. The Balaban J connectivity index is 0.00000364. The molecule has 1 amide bonds. The summed E-state index contributed by atoms with van der Waals surface area (Å²) in [6, 6.07) is 17.2. The highest BCUT2D eigenvalue weighted by atomic mass is 127. The van der Waals surface area contributed by atoms with Crippen LogP contribution in [0.2, 0.25) is 5.02 Å². The van der Waals surface area contributed by atoms with E-state index in [0.717, 1.165) is 6.54 Å². The second-order valence-corrected chi connectivity index (χ2v) is 6.39. The highest BCUT2D eigenvalue weighted by Crippen LogP contribution is 2.12.